The molecular weight excluding hydrogens is 706 g/mol. The predicted octanol–water partition coefficient (Wildman–Crippen LogP) is 4.43. The molecule has 8 nitrogen and oxygen atoms in total. The van der Waals surface area contributed by atoms with E-state index in [1.54, 1.807) is 0 Å². The van der Waals surface area contributed by atoms with E-state index < -0.39 is 12.2 Å². The van der Waals surface area contributed by atoms with Gasteiger partial charge in [-0.2, -0.15) is 0 Å². The zero-order chi connectivity index (χ0) is 26.0. The lowest BCUT2D eigenvalue weighted by Gasteiger charge is -2.17. The number of hydrogen-bond acceptors (Lipinski definition) is 6. The Balaban J connectivity index is 1.24. The van der Waals surface area contributed by atoms with Crippen molar-refractivity contribution in [1.29, 1.82) is 0 Å². The topological polar surface area (TPSA) is 102 Å². The lowest BCUT2D eigenvalue weighted by molar-refractivity contribution is 0.136. The van der Waals surface area contributed by atoms with Crippen LogP contribution in [0.3, 0.4) is 0 Å². The van der Waals surface area contributed by atoms with E-state index in [9.17, 15) is 10.2 Å². The largest absolute Gasteiger partial charge is 0.390 e. The molecule has 4 atom stereocenters. The van der Waals surface area contributed by atoms with Crippen molar-refractivity contribution in [1.82, 2.24) is 30.0 Å². The first-order valence-corrected chi connectivity index (χ1v) is 14.5. The van der Waals surface area contributed by atoms with E-state index in [4.69, 9.17) is 0 Å². The van der Waals surface area contributed by atoms with Crippen LogP contribution >= 0.6 is 45.2 Å². The van der Waals surface area contributed by atoms with Crippen LogP contribution in [0.15, 0.2) is 72.8 Å². The maximum absolute atomic E-state index is 10.8. The number of aromatic nitrogens is 6. The highest BCUT2D eigenvalue weighted by Gasteiger charge is 2.36. The van der Waals surface area contributed by atoms with Crippen molar-refractivity contribution in [2.45, 2.75) is 37.1 Å². The molecular formula is C28H22I2N6O2. The van der Waals surface area contributed by atoms with Crippen molar-refractivity contribution in [3.8, 4) is 22.5 Å². The van der Waals surface area contributed by atoms with E-state index in [2.05, 4.69) is 90.1 Å². The molecule has 38 heavy (non-hydrogen) atoms. The Kier molecular flexibility index (Phi) is 6.09. The molecule has 2 aromatic heterocycles. The molecule has 0 unspecified atom stereocenters. The smallest absolute Gasteiger partial charge is 0.128 e. The number of benzene rings is 3. The van der Waals surface area contributed by atoms with Gasteiger partial charge in [0.05, 0.1) is 12.2 Å². The molecule has 0 spiro atoms. The first kappa shape index (κ1) is 24.4. The maximum atomic E-state index is 10.8. The molecule has 2 aliphatic carbocycles. The number of halogens is 2. The van der Waals surface area contributed by atoms with Gasteiger partial charge in [0.15, 0.2) is 0 Å². The van der Waals surface area contributed by atoms with Crippen LogP contribution in [0.25, 0.3) is 22.5 Å². The number of aliphatic hydroxyl groups excluding tert-OH is 2. The Hall–Kier alpha value is -2.68. The summed E-state index contributed by atoms with van der Waals surface area (Å²) < 4.78 is 5.39. The molecule has 0 fully saturated rings. The van der Waals surface area contributed by atoms with Gasteiger partial charge < -0.3 is 10.2 Å². The van der Waals surface area contributed by atoms with Gasteiger partial charge in [-0.15, -0.1) is 10.2 Å². The van der Waals surface area contributed by atoms with Gasteiger partial charge in [-0.3, -0.25) is 0 Å². The third-order valence-electron chi connectivity index (χ3n) is 7.55. The summed E-state index contributed by atoms with van der Waals surface area (Å²) >= 11 is 4.54. The van der Waals surface area contributed by atoms with Crippen molar-refractivity contribution < 1.29 is 10.2 Å². The second-order valence-corrected chi connectivity index (χ2v) is 11.8. The molecule has 0 saturated carbocycles. The average molecular weight is 728 g/mol. The van der Waals surface area contributed by atoms with Gasteiger partial charge in [-0.25, -0.2) is 9.36 Å². The zero-order valence-corrected chi connectivity index (χ0v) is 24.3. The van der Waals surface area contributed by atoms with Gasteiger partial charge in [0.2, 0.25) is 0 Å². The summed E-state index contributed by atoms with van der Waals surface area (Å²) in [6.07, 6.45) is 0.120. The second kappa shape index (κ2) is 9.50. The molecule has 190 valence electrons. The molecule has 3 aromatic carbocycles. The Bertz CT molecular complexity index is 1560. The first-order valence-electron chi connectivity index (χ1n) is 12.3. The summed E-state index contributed by atoms with van der Waals surface area (Å²) in [6.45, 7) is 0. The van der Waals surface area contributed by atoms with E-state index in [1.807, 2.05) is 57.9 Å². The fraction of sp³-hybridized carbons (Fsp3) is 0.214. The van der Waals surface area contributed by atoms with Crippen LogP contribution < -0.4 is 0 Å². The van der Waals surface area contributed by atoms with Gasteiger partial charge in [0, 0.05) is 24.0 Å². The van der Waals surface area contributed by atoms with Crippen molar-refractivity contribution in [3.05, 3.63) is 102 Å². The van der Waals surface area contributed by atoms with Crippen LogP contribution in [0, 0.1) is 7.40 Å². The van der Waals surface area contributed by atoms with Crippen LogP contribution in [0.1, 0.15) is 34.3 Å². The van der Waals surface area contributed by atoms with Crippen molar-refractivity contribution in [3.63, 3.8) is 0 Å². The van der Waals surface area contributed by atoms with Crippen molar-refractivity contribution in [2.24, 2.45) is 0 Å². The molecule has 7 rings (SSSR count). The van der Waals surface area contributed by atoms with E-state index >= 15 is 0 Å². The van der Waals surface area contributed by atoms with Gasteiger partial charge >= 0.3 is 0 Å². The molecule has 0 saturated heterocycles. The Morgan fingerprint density at radius 1 is 0.632 bits per heavy atom. The highest BCUT2D eigenvalue weighted by Crippen LogP contribution is 2.39. The number of rotatable bonds is 4. The van der Waals surface area contributed by atoms with Crippen LogP contribution in [-0.2, 0) is 12.8 Å². The molecule has 0 bridgehead atoms. The zero-order valence-electron chi connectivity index (χ0n) is 20.0. The lowest BCUT2D eigenvalue weighted by Crippen LogP contribution is -2.23. The third kappa shape index (κ3) is 3.83. The fourth-order valence-corrected chi connectivity index (χ4v) is 7.41. The van der Waals surface area contributed by atoms with Crippen LogP contribution in [0.2, 0.25) is 0 Å². The van der Waals surface area contributed by atoms with Crippen LogP contribution in [-0.4, -0.2) is 52.4 Å². The fourth-order valence-electron chi connectivity index (χ4n) is 5.78. The van der Waals surface area contributed by atoms with E-state index in [1.165, 1.54) is 0 Å². The molecule has 2 N–H and O–H groups in total. The number of nitrogens with zero attached hydrogens (tertiary/aromatic N) is 6. The normalized spacial score (nSPS) is 22.0. The average Bonchev–Trinajstić information content (AvgIpc) is 3.66. The monoisotopic (exact) mass is 728 g/mol. The van der Waals surface area contributed by atoms with Crippen LogP contribution in [0.5, 0.6) is 0 Å². The summed E-state index contributed by atoms with van der Waals surface area (Å²) in [5, 5.41) is 39.6. The van der Waals surface area contributed by atoms with Crippen molar-refractivity contribution in [2.75, 3.05) is 0 Å². The van der Waals surface area contributed by atoms with Gasteiger partial charge in [-0.05, 0) is 73.5 Å². The minimum atomic E-state index is -0.547. The number of hydrogen-bond donors (Lipinski definition) is 2. The first-order chi connectivity index (χ1) is 18.5. The summed E-state index contributed by atoms with van der Waals surface area (Å²) in [5.74, 6) is 0. The summed E-state index contributed by atoms with van der Waals surface area (Å²) in [4.78, 5) is 0. The van der Waals surface area contributed by atoms with Crippen molar-refractivity contribution >= 4 is 45.2 Å². The highest BCUT2D eigenvalue weighted by molar-refractivity contribution is 14.1. The third-order valence-corrected chi connectivity index (χ3v) is 9.56. The standard InChI is InChI=1S/C28H22I2N6O2/c29-27-23(31-33-35(27)25-19-10-3-1-6-15(19)13-21(25)37)17-8-5-9-18(12-17)24-28(30)36(34-32-24)26-20-11-4-2-7-16(20)14-22(26)38/h1-12,21-22,25-26,37-38H,13-14H2/t21-,22-,25+,26+/m1/s1. The van der Waals surface area contributed by atoms with E-state index in [-0.39, 0.29) is 12.1 Å². The molecule has 2 heterocycles. The molecule has 0 amide bonds. The van der Waals surface area contributed by atoms with E-state index in [0.29, 0.717) is 12.8 Å². The summed E-state index contributed by atoms with van der Waals surface area (Å²) in [6, 6.07) is 23.7. The van der Waals surface area contributed by atoms with Crippen LogP contribution in [0.4, 0.5) is 0 Å². The molecule has 2 aliphatic rings. The predicted molar refractivity (Wildman–Crippen MR) is 158 cm³/mol. The SMILES string of the molecule is O[C@@H]1Cc2ccccc2[C@@H]1n1nnc(-c2cccc(-c3nnn([C@H]4c5ccccc5C[C@H]4O)c3I)c2)c1I. The van der Waals surface area contributed by atoms with Gasteiger partial charge in [0.25, 0.3) is 0 Å². The minimum absolute atomic E-state index is 0.260. The number of fused-ring (bicyclic) bond motifs is 2. The Morgan fingerprint density at radius 3 is 1.55 bits per heavy atom. The van der Waals surface area contributed by atoms with Gasteiger partial charge in [0.1, 0.15) is 30.9 Å². The van der Waals surface area contributed by atoms with Gasteiger partial charge in [-0.1, -0.05) is 77.2 Å². The molecule has 5 aromatic rings. The summed E-state index contributed by atoms with van der Waals surface area (Å²) in [7, 11) is 0. The lowest BCUT2D eigenvalue weighted by atomic mass is 10.1. The Morgan fingerprint density at radius 2 is 1.08 bits per heavy atom. The number of aliphatic hydroxyl groups is 2. The second-order valence-electron chi connectivity index (χ2n) is 9.76. The quantitative estimate of drug-likeness (QED) is 0.266. The molecule has 0 aliphatic heterocycles. The highest BCUT2D eigenvalue weighted by atomic mass is 127. The Labute approximate surface area is 246 Å². The van der Waals surface area contributed by atoms with E-state index in [0.717, 1.165) is 52.2 Å². The summed E-state index contributed by atoms with van der Waals surface area (Å²) in [5.41, 5.74) is 7.80. The maximum Gasteiger partial charge on any atom is 0.128 e. The molecule has 10 heteroatoms. The molecule has 0 radical (unpaired) electrons. The minimum Gasteiger partial charge on any atom is -0.390 e.